The molecule has 0 radical (unpaired) electrons. The lowest BCUT2D eigenvalue weighted by Gasteiger charge is -2.21. The summed E-state index contributed by atoms with van der Waals surface area (Å²) < 4.78 is 0. The summed E-state index contributed by atoms with van der Waals surface area (Å²) in [7, 11) is 0. The van der Waals surface area contributed by atoms with E-state index in [2.05, 4.69) is 19.2 Å². The summed E-state index contributed by atoms with van der Waals surface area (Å²) >= 11 is 0. The number of hydrogen-bond donors (Lipinski definition) is 4. The minimum Gasteiger partial charge on any atom is -0.394 e. The van der Waals surface area contributed by atoms with Crippen LogP contribution in [0.1, 0.15) is 296 Å². The predicted octanol–water partition coefficient (Wildman–Crippen LogP) is 15.9. The number of allylic oxidation sites excluding steroid dienone is 1. The molecule has 4 N–H and O–H groups in total. The molecule has 0 aliphatic heterocycles. The molecular formula is C53H105NO4. The van der Waals surface area contributed by atoms with E-state index < -0.39 is 24.2 Å². The highest BCUT2D eigenvalue weighted by molar-refractivity contribution is 5.80. The SMILES string of the molecule is CCCCCCCCCCCCCCCCCCCCCCCC/C=C/C(O)C(CO)NC(=O)C(O)CCCCCCCCCCCCCCCCCCCCCC. The Bertz CT molecular complexity index is 818. The monoisotopic (exact) mass is 820 g/mol. The molecule has 0 aromatic rings. The van der Waals surface area contributed by atoms with E-state index in [1.807, 2.05) is 6.08 Å². The van der Waals surface area contributed by atoms with Crippen LogP contribution in [0, 0.1) is 0 Å². The quantitative estimate of drug-likeness (QED) is 0.0364. The van der Waals surface area contributed by atoms with Gasteiger partial charge in [-0.15, -0.1) is 0 Å². The summed E-state index contributed by atoms with van der Waals surface area (Å²) in [6.07, 6.45) is 59.9. The van der Waals surface area contributed by atoms with Gasteiger partial charge in [0, 0.05) is 0 Å². The molecule has 0 fully saturated rings. The third-order valence-corrected chi connectivity index (χ3v) is 12.6. The maximum Gasteiger partial charge on any atom is 0.249 e. The Morgan fingerprint density at radius 1 is 0.414 bits per heavy atom. The zero-order valence-corrected chi connectivity index (χ0v) is 39.5. The summed E-state index contributed by atoms with van der Waals surface area (Å²) in [6.45, 7) is 4.22. The van der Waals surface area contributed by atoms with Crippen LogP contribution in [0.2, 0.25) is 0 Å². The van der Waals surface area contributed by atoms with Gasteiger partial charge in [0.15, 0.2) is 0 Å². The highest BCUT2D eigenvalue weighted by atomic mass is 16.3. The molecule has 0 aliphatic rings. The Kier molecular flexibility index (Phi) is 48.0. The van der Waals surface area contributed by atoms with E-state index in [0.29, 0.717) is 6.42 Å². The van der Waals surface area contributed by atoms with Crippen LogP contribution in [0.25, 0.3) is 0 Å². The van der Waals surface area contributed by atoms with E-state index in [4.69, 9.17) is 0 Å². The fraction of sp³-hybridized carbons (Fsp3) is 0.943. The Labute approximate surface area is 363 Å². The van der Waals surface area contributed by atoms with Crippen molar-refractivity contribution in [2.45, 2.75) is 315 Å². The minimum atomic E-state index is -1.09. The van der Waals surface area contributed by atoms with Gasteiger partial charge < -0.3 is 20.6 Å². The Morgan fingerprint density at radius 2 is 0.672 bits per heavy atom. The summed E-state index contributed by atoms with van der Waals surface area (Å²) in [4.78, 5) is 12.5. The normalized spacial score (nSPS) is 13.4. The lowest BCUT2D eigenvalue weighted by atomic mass is 10.0. The van der Waals surface area contributed by atoms with Crippen LogP contribution in [-0.2, 0) is 4.79 Å². The van der Waals surface area contributed by atoms with Gasteiger partial charge in [0.2, 0.25) is 5.91 Å². The third-order valence-electron chi connectivity index (χ3n) is 12.6. The molecule has 0 aliphatic carbocycles. The molecule has 1 amide bonds. The smallest absolute Gasteiger partial charge is 0.249 e. The first-order chi connectivity index (χ1) is 28.6. The fourth-order valence-electron chi connectivity index (χ4n) is 8.48. The molecule has 3 unspecified atom stereocenters. The van der Waals surface area contributed by atoms with E-state index in [0.717, 1.165) is 32.1 Å². The zero-order valence-electron chi connectivity index (χ0n) is 39.5. The average molecular weight is 820 g/mol. The number of hydrogen-bond acceptors (Lipinski definition) is 4. The van der Waals surface area contributed by atoms with Gasteiger partial charge in [-0.2, -0.15) is 0 Å². The highest BCUT2D eigenvalue weighted by Gasteiger charge is 2.22. The fourth-order valence-corrected chi connectivity index (χ4v) is 8.48. The topological polar surface area (TPSA) is 89.8 Å². The standard InChI is InChI=1S/C53H105NO4/c1-3-5-7-9-11-13-15-17-19-21-23-25-26-27-28-30-31-33-35-37-39-41-43-45-47-51(56)50(49-55)54-53(58)52(57)48-46-44-42-40-38-36-34-32-29-24-22-20-18-16-14-12-10-8-6-4-2/h45,47,50-52,55-57H,3-44,46,48-49H2,1-2H3,(H,54,58)/b47-45+. The molecule has 0 saturated heterocycles. The number of amides is 1. The van der Waals surface area contributed by atoms with Gasteiger partial charge in [0.05, 0.1) is 18.8 Å². The molecule has 0 heterocycles. The second-order valence-electron chi connectivity index (χ2n) is 18.5. The summed E-state index contributed by atoms with van der Waals surface area (Å²) in [5.41, 5.74) is 0. The van der Waals surface area contributed by atoms with E-state index in [9.17, 15) is 20.1 Å². The first kappa shape index (κ1) is 57.1. The van der Waals surface area contributed by atoms with Gasteiger partial charge in [0.25, 0.3) is 0 Å². The van der Waals surface area contributed by atoms with Crippen LogP contribution < -0.4 is 5.32 Å². The van der Waals surface area contributed by atoms with Crippen molar-refractivity contribution >= 4 is 5.91 Å². The highest BCUT2D eigenvalue weighted by Crippen LogP contribution is 2.18. The number of rotatable bonds is 49. The van der Waals surface area contributed by atoms with Crippen LogP contribution in [-0.4, -0.2) is 46.1 Å². The molecule has 0 aromatic heterocycles. The third kappa shape index (κ3) is 43.2. The molecule has 0 saturated carbocycles. The van der Waals surface area contributed by atoms with E-state index in [1.165, 1.54) is 244 Å². The van der Waals surface area contributed by atoms with Crippen molar-refractivity contribution in [3.8, 4) is 0 Å². The first-order valence-electron chi connectivity index (χ1n) is 26.5. The molecule has 58 heavy (non-hydrogen) atoms. The molecule has 0 spiro atoms. The number of carbonyl (C=O) groups excluding carboxylic acids is 1. The Hall–Kier alpha value is -0.910. The van der Waals surface area contributed by atoms with Gasteiger partial charge in [-0.05, 0) is 19.3 Å². The molecule has 0 bridgehead atoms. The first-order valence-corrected chi connectivity index (χ1v) is 26.5. The van der Waals surface area contributed by atoms with Crippen molar-refractivity contribution in [1.29, 1.82) is 0 Å². The van der Waals surface area contributed by atoms with Crippen molar-refractivity contribution in [1.82, 2.24) is 5.32 Å². The van der Waals surface area contributed by atoms with Crippen LogP contribution in [0.5, 0.6) is 0 Å². The van der Waals surface area contributed by atoms with Crippen LogP contribution in [0.3, 0.4) is 0 Å². The van der Waals surface area contributed by atoms with E-state index in [-0.39, 0.29) is 6.61 Å². The minimum absolute atomic E-state index is 0.358. The predicted molar refractivity (Wildman–Crippen MR) is 255 cm³/mol. The summed E-state index contributed by atoms with van der Waals surface area (Å²) in [5.74, 6) is -0.496. The number of nitrogens with one attached hydrogen (secondary N) is 1. The number of carbonyl (C=O) groups is 1. The lowest BCUT2D eigenvalue weighted by molar-refractivity contribution is -0.131. The van der Waals surface area contributed by atoms with Crippen molar-refractivity contribution in [2.75, 3.05) is 6.61 Å². The largest absolute Gasteiger partial charge is 0.394 e. The molecule has 5 heteroatoms. The van der Waals surface area contributed by atoms with E-state index >= 15 is 0 Å². The Balaban J connectivity index is 3.56. The maximum atomic E-state index is 12.5. The lowest BCUT2D eigenvalue weighted by Crippen LogP contribution is -2.48. The van der Waals surface area contributed by atoms with Crippen LogP contribution in [0.15, 0.2) is 12.2 Å². The van der Waals surface area contributed by atoms with Crippen molar-refractivity contribution in [3.05, 3.63) is 12.2 Å². The Morgan fingerprint density at radius 3 is 0.948 bits per heavy atom. The van der Waals surface area contributed by atoms with Crippen molar-refractivity contribution in [2.24, 2.45) is 0 Å². The molecule has 3 atom stereocenters. The molecule has 0 aromatic carbocycles. The second kappa shape index (κ2) is 48.8. The molecular weight excluding hydrogens is 715 g/mol. The second-order valence-corrected chi connectivity index (χ2v) is 18.5. The maximum absolute atomic E-state index is 12.5. The van der Waals surface area contributed by atoms with E-state index in [1.54, 1.807) is 6.08 Å². The van der Waals surface area contributed by atoms with Crippen molar-refractivity contribution < 1.29 is 20.1 Å². The number of unbranched alkanes of at least 4 members (excludes halogenated alkanes) is 41. The molecule has 0 rings (SSSR count). The number of aliphatic hydroxyl groups is 3. The molecule has 346 valence electrons. The van der Waals surface area contributed by atoms with Crippen LogP contribution >= 0.6 is 0 Å². The number of aliphatic hydroxyl groups excluding tert-OH is 3. The van der Waals surface area contributed by atoms with Crippen LogP contribution in [0.4, 0.5) is 0 Å². The summed E-state index contributed by atoms with van der Waals surface area (Å²) in [5, 5.41) is 33.3. The van der Waals surface area contributed by atoms with Crippen molar-refractivity contribution in [3.63, 3.8) is 0 Å². The van der Waals surface area contributed by atoms with Gasteiger partial charge in [-0.25, -0.2) is 0 Å². The van der Waals surface area contributed by atoms with Gasteiger partial charge in [0.1, 0.15) is 6.10 Å². The average Bonchev–Trinajstić information content (AvgIpc) is 3.23. The van der Waals surface area contributed by atoms with Gasteiger partial charge in [-0.3, -0.25) is 4.79 Å². The van der Waals surface area contributed by atoms with Gasteiger partial charge >= 0.3 is 0 Å². The zero-order chi connectivity index (χ0) is 42.3. The van der Waals surface area contributed by atoms with Gasteiger partial charge in [-0.1, -0.05) is 289 Å². The molecule has 5 nitrogen and oxygen atoms in total. The summed E-state index contributed by atoms with van der Waals surface area (Å²) in [6, 6.07) is -0.794.